The minimum absolute atomic E-state index is 0.000180. The summed E-state index contributed by atoms with van der Waals surface area (Å²) < 4.78 is 14.2. The topological polar surface area (TPSA) is 102 Å². The van der Waals surface area contributed by atoms with Gasteiger partial charge in [0.05, 0.1) is 5.56 Å². The fourth-order valence-corrected chi connectivity index (χ4v) is 1.73. The predicted molar refractivity (Wildman–Crippen MR) is 76.0 cm³/mol. The zero-order valence-electron chi connectivity index (χ0n) is 11.2. The zero-order valence-corrected chi connectivity index (χ0v) is 11.2. The van der Waals surface area contributed by atoms with Crippen LogP contribution in [-0.2, 0) is 6.42 Å². The van der Waals surface area contributed by atoms with Crippen LogP contribution in [0.5, 0.6) is 0 Å². The third kappa shape index (κ3) is 3.38. The summed E-state index contributed by atoms with van der Waals surface area (Å²) >= 11 is 0. The van der Waals surface area contributed by atoms with Crippen molar-refractivity contribution in [3.05, 3.63) is 47.0 Å². The molecule has 0 amide bonds. The van der Waals surface area contributed by atoms with Gasteiger partial charge in [-0.25, -0.2) is 19.2 Å². The van der Waals surface area contributed by atoms with Crippen molar-refractivity contribution < 1.29 is 14.3 Å². The van der Waals surface area contributed by atoms with Crippen molar-refractivity contribution in [1.29, 1.82) is 0 Å². The van der Waals surface area contributed by atoms with Crippen LogP contribution < -0.4 is 5.73 Å². The van der Waals surface area contributed by atoms with Crippen LogP contribution in [0.2, 0.25) is 0 Å². The number of nitrogen functional groups attached to an aromatic ring is 1. The monoisotopic (exact) mass is 288 g/mol. The lowest BCUT2D eigenvalue weighted by molar-refractivity contribution is 0.0696. The van der Waals surface area contributed by atoms with Gasteiger partial charge in [-0.05, 0) is 24.1 Å². The Morgan fingerprint density at radius 1 is 1.29 bits per heavy atom. The number of aryl methyl sites for hydroxylation is 1. The van der Waals surface area contributed by atoms with E-state index in [4.69, 9.17) is 10.8 Å². The molecule has 2 aromatic rings. The van der Waals surface area contributed by atoms with Crippen molar-refractivity contribution in [2.45, 2.75) is 13.3 Å². The Hall–Kier alpha value is -2.83. The fraction of sp³-hybridized carbons (Fsp3) is 0.143. The quantitative estimate of drug-likeness (QED) is 0.894. The number of hydrogen-bond donors (Lipinski definition) is 2. The van der Waals surface area contributed by atoms with E-state index in [9.17, 15) is 9.18 Å². The van der Waals surface area contributed by atoms with E-state index in [-0.39, 0.29) is 17.1 Å². The maximum atomic E-state index is 14.2. The predicted octanol–water partition coefficient (Wildman–Crippen LogP) is 2.18. The highest BCUT2D eigenvalue weighted by Gasteiger charge is 2.10. The molecule has 0 unspecified atom stereocenters. The lowest BCUT2D eigenvalue weighted by Gasteiger charge is -2.05. The van der Waals surface area contributed by atoms with E-state index in [0.29, 0.717) is 17.7 Å². The van der Waals surface area contributed by atoms with Gasteiger partial charge in [-0.15, -0.1) is 0 Å². The molecule has 108 valence electrons. The molecule has 2 rings (SSSR count). The third-order valence-corrected chi connectivity index (χ3v) is 2.82. The van der Waals surface area contributed by atoms with E-state index in [1.165, 1.54) is 30.7 Å². The Labute approximate surface area is 120 Å². The molecule has 2 aromatic heterocycles. The van der Waals surface area contributed by atoms with E-state index in [1.807, 2.05) is 6.92 Å². The molecule has 6 nitrogen and oxygen atoms in total. The number of aromatic carboxylic acids is 1. The Morgan fingerprint density at radius 2 is 1.90 bits per heavy atom. The average molecular weight is 288 g/mol. The first-order valence-electron chi connectivity index (χ1n) is 6.18. The molecule has 0 aliphatic heterocycles. The highest BCUT2D eigenvalue weighted by atomic mass is 19.1. The number of pyridine rings is 1. The van der Waals surface area contributed by atoms with E-state index in [0.717, 1.165) is 0 Å². The van der Waals surface area contributed by atoms with Gasteiger partial charge in [0.2, 0.25) is 5.95 Å². The van der Waals surface area contributed by atoms with E-state index < -0.39 is 11.8 Å². The molecule has 0 aliphatic carbocycles. The Balaban J connectivity index is 2.44. The number of nitrogens with two attached hydrogens (primary N) is 1. The largest absolute Gasteiger partial charge is 0.478 e. The number of carboxylic acids is 1. The lowest BCUT2D eigenvalue weighted by Crippen LogP contribution is -2.01. The number of carboxylic acid groups (broad SMARTS) is 1. The molecule has 2 heterocycles. The number of nitrogens with zero attached hydrogens (tertiary/aromatic N) is 3. The molecular weight excluding hydrogens is 275 g/mol. The minimum atomic E-state index is -1.11. The van der Waals surface area contributed by atoms with Gasteiger partial charge in [0.15, 0.2) is 0 Å². The molecule has 0 atom stereocenters. The van der Waals surface area contributed by atoms with Crippen LogP contribution in [-0.4, -0.2) is 26.0 Å². The van der Waals surface area contributed by atoms with Gasteiger partial charge in [0, 0.05) is 29.8 Å². The molecule has 0 aliphatic rings. The fourth-order valence-electron chi connectivity index (χ4n) is 1.73. The summed E-state index contributed by atoms with van der Waals surface area (Å²) in [4.78, 5) is 22.4. The molecule has 0 spiro atoms. The number of aromatic nitrogens is 3. The summed E-state index contributed by atoms with van der Waals surface area (Å²) in [6.07, 6.45) is 5.54. The second kappa shape index (κ2) is 6.08. The van der Waals surface area contributed by atoms with Crippen LogP contribution in [0.25, 0.3) is 11.9 Å². The molecule has 3 N–H and O–H groups in total. The number of halogens is 1. The summed E-state index contributed by atoms with van der Waals surface area (Å²) in [6.45, 7) is 1.85. The van der Waals surface area contributed by atoms with Gasteiger partial charge in [0.1, 0.15) is 5.83 Å². The van der Waals surface area contributed by atoms with Gasteiger partial charge < -0.3 is 10.8 Å². The highest BCUT2D eigenvalue weighted by molar-refractivity contribution is 5.89. The van der Waals surface area contributed by atoms with E-state index in [1.54, 1.807) is 0 Å². The standard InChI is InChI=1S/C14H13FN4O2/c1-2-12-8(3-9(5-17-12)13(20)21)4-11(15)10-6-18-14(16)19-7-10/h3-7H,2H2,1H3,(H,20,21)(H2,16,18,19)/b11-4-. The average Bonchev–Trinajstić information content (AvgIpc) is 2.47. The molecule has 0 radical (unpaired) electrons. The van der Waals surface area contributed by atoms with Crippen molar-refractivity contribution in [3.63, 3.8) is 0 Å². The molecular formula is C14H13FN4O2. The molecule has 0 bridgehead atoms. The van der Waals surface area contributed by atoms with Crippen molar-refractivity contribution >= 4 is 23.8 Å². The highest BCUT2D eigenvalue weighted by Crippen LogP contribution is 2.21. The van der Waals surface area contributed by atoms with Crippen molar-refractivity contribution in [2.75, 3.05) is 5.73 Å². The van der Waals surface area contributed by atoms with Gasteiger partial charge >= 0.3 is 5.97 Å². The summed E-state index contributed by atoms with van der Waals surface area (Å²) in [5, 5.41) is 8.97. The first-order valence-corrected chi connectivity index (χ1v) is 6.18. The van der Waals surface area contributed by atoms with Crippen LogP contribution in [0.1, 0.15) is 34.1 Å². The van der Waals surface area contributed by atoms with Gasteiger partial charge in [-0.3, -0.25) is 4.98 Å². The van der Waals surface area contributed by atoms with Crippen LogP contribution >= 0.6 is 0 Å². The SMILES string of the molecule is CCc1ncc(C(=O)O)cc1/C=C(\F)c1cnc(N)nc1. The Bertz CT molecular complexity index is 699. The van der Waals surface area contributed by atoms with Crippen LogP contribution in [0.15, 0.2) is 24.7 Å². The van der Waals surface area contributed by atoms with Crippen LogP contribution in [0.4, 0.5) is 10.3 Å². The first kappa shape index (κ1) is 14.6. The summed E-state index contributed by atoms with van der Waals surface area (Å²) in [7, 11) is 0. The maximum absolute atomic E-state index is 14.2. The summed E-state index contributed by atoms with van der Waals surface area (Å²) in [5.74, 6) is -1.65. The second-order valence-electron chi connectivity index (χ2n) is 4.24. The third-order valence-electron chi connectivity index (χ3n) is 2.82. The number of carbonyl (C=O) groups is 1. The summed E-state index contributed by atoms with van der Waals surface area (Å²) in [6, 6.07) is 1.38. The molecule has 21 heavy (non-hydrogen) atoms. The maximum Gasteiger partial charge on any atom is 0.337 e. The normalized spacial score (nSPS) is 11.4. The van der Waals surface area contributed by atoms with Gasteiger partial charge in [-0.1, -0.05) is 6.92 Å². The zero-order chi connectivity index (χ0) is 15.4. The van der Waals surface area contributed by atoms with Gasteiger partial charge in [-0.2, -0.15) is 0 Å². The lowest BCUT2D eigenvalue weighted by atomic mass is 10.1. The first-order chi connectivity index (χ1) is 10.0. The smallest absolute Gasteiger partial charge is 0.337 e. The molecule has 0 aromatic carbocycles. The molecule has 0 saturated carbocycles. The number of anilines is 1. The Morgan fingerprint density at radius 3 is 2.48 bits per heavy atom. The molecule has 0 fully saturated rings. The molecule has 7 heteroatoms. The Kier molecular flexibility index (Phi) is 4.22. The van der Waals surface area contributed by atoms with Crippen LogP contribution in [0, 0.1) is 0 Å². The number of rotatable bonds is 4. The molecule has 0 saturated heterocycles. The number of hydrogen-bond acceptors (Lipinski definition) is 5. The van der Waals surface area contributed by atoms with Crippen molar-refractivity contribution in [3.8, 4) is 0 Å². The van der Waals surface area contributed by atoms with Crippen molar-refractivity contribution in [2.24, 2.45) is 0 Å². The van der Waals surface area contributed by atoms with E-state index in [2.05, 4.69) is 15.0 Å². The van der Waals surface area contributed by atoms with Gasteiger partial charge in [0.25, 0.3) is 0 Å². The summed E-state index contributed by atoms with van der Waals surface area (Å²) in [5.41, 5.74) is 6.51. The van der Waals surface area contributed by atoms with Crippen molar-refractivity contribution in [1.82, 2.24) is 15.0 Å². The van der Waals surface area contributed by atoms with Crippen LogP contribution in [0.3, 0.4) is 0 Å². The second-order valence-corrected chi connectivity index (χ2v) is 4.24. The minimum Gasteiger partial charge on any atom is -0.478 e. The van der Waals surface area contributed by atoms with E-state index >= 15 is 0 Å².